The Balaban J connectivity index is 1.32. The first kappa shape index (κ1) is 19.2. The molecule has 1 heterocycles. The molecule has 1 amide bonds. The lowest BCUT2D eigenvalue weighted by molar-refractivity contribution is -0.154. The van der Waals surface area contributed by atoms with E-state index in [9.17, 15) is 9.59 Å². The summed E-state index contributed by atoms with van der Waals surface area (Å²) < 4.78 is 5.77. The van der Waals surface area contributed by atoms with Gasteiger partial charge in [-0.1, -0.05) is 24.6 Å². The van der Waals surface area contributed by atoms with Crippen LogP contribution in [-0.4, -0.2) is 34.1 Å². The van der Waals surface area contributed by atoms with Gasteiger partial charge >= 0.3 is 5.97 Å². The van der Waals surface area contributed by atoms with E-state index in [1.54, 1.807) is 0 Å². The summed E-state index contributed by atoms with van der Waals surface area (Å²) in [5.74, 6) is 3.21. The number of rotatable bonds is 4. The molecule has 1 spiro atoms. The molecule has 1 N–H and O–H groups in total. The predicted molar refractivity (Wildman–Crippen MR) is 112 cm³/mol. The van der Waals surface area contributed by atoms with Gasteiger partial charge in [-0.2, -0.15) is 0 Å². The summed E-state index contributed by atoms with van der Waals surface area (Å²) in [6.45, 7) is 1.74. The molecule has 4 rings (SSSR count). The van der Waals surface area contributed by atoms with Gasteiger partial charge in [0.05, 0.1) is 10.00 Å². The Labute approximate surface area is 169 Å². The van der Waals surface area contributed by atoms with Crippen LogP contribution in [0.2, 0.25) is 0 Å². The van der Waals surface area contributed by atoms with Gasteiger partial charge in [0, 0.05) is 17.2 Å². The fourth-order valence-electron chi connectivity index (χ4n) is 4.96. The first-order chi connectivity index (χ1) is 13.1. The van der Waals surface area contributed by atoms with Crippen LogP contribution in [0.4, 0.5) is 5.69 Å². The normalized spacial score (nSPS) is 28.7. The highest BCUT2D eigenvalue weighted by atomic mass is 32.2. The monoisotopic (exact) mass is 405 g/mol. The van der Waals surface area contributed by atoms with Crippen molar-refractivity contribution in [3.8, 4) is 0 Å². The van der Waals surface area contributed by atoms with Gasteiger partial charge in [-0.25, -0.2) is 0 Å². The van der Waals surface area contributed by atoms with Crippen LogP contribution in [0.1, 0.15) is 37.7 Å². The van der Waals surface area contributed by atoms with Gasteiger partial charge in [0.25, 0.3) is 5.91 Å². The van der Waals surface area contributed by atoms with Crippen molar-refractivity contribution < 1.29 is 14.3 Å². The van der Waals surface area contributed by atoms with E-state index in [0.29, 0.717) is 15.9 Å². The Morgan fingerprint density at radius 2 is 1.81 bits per heavy atom. The molecule has 27 heavy (non-hydrogen) atoms. The molecule has 1 aliphatic heterocycles. The van der Waals surface area contributed by atoms with Gasteiger partial charge in [0.15, 0.2) is 6.61 Å². The third-order valence-electron chi connectivity index (χ3n) is 6.22. The molecule has 146 valence electrons. The number of aryl methyl sites for hydroxylation is 1. The van der Waals surface area contributed by atoms with Gasteiger partial charge in [-0.15, -0.1) is 23.5 Å². The molecule has 6 heteroatoms. The number of para-hydroxylation sites is 1. The smallest absolute Gasteiger partial charge is 0.309 e. The van der Waals surface area contributed by atoms with Crippen LogP contribution in [0.5, 0.6) is 0 Å². The maximum Gasteiger partial charge on any atom is 0.309 e. The molecule has 2 bridgehead atoms. The lowest BCUT2D eigenvalue weighted by atomic mass is 9.67. The second-order valence-corrected chi connectivity index (χ2v) is 10.9. The Hall–Kier alpha value is -1.14. The van der Waals surface area contributed by atoms with Gasteiger partial charge in [0.2, 0.25) is 0 Å². The standard InChI is InChI=1S/C21H27NO3S2/c1-14-5-2-3-8-18(14)22-19(23)13-25-20(24)15-11-16-6-4-7-17(12-15)21(16)26-9-10-27-21/h2-3,5,8,15-17H,4,6-7,9-13H2,1H3,(H,22,23)/t15?,16-,17+. The summed E-state index contributed by atoms with van der Waals surface area (Å²) in [6.07, 6.45) is 5.60. The minimum Gasteiger partial charge on any atom is -0.455 e. The van der Waals surface area contributed by atoms with Crippen molar-refractivity contribution in [2.45, 2.75) is 43.1 Å². The maximum absolute atomic E-state index is 12.6. The lowest BCUT2D eigenvalue weighted by Gasteiger charge is -2.51. The van der Waals surface area contributed by atoms with E-state index in [0.717, 1.165) is 24.1 Å². The molecule has 1 aromatic carbocycles. The Morgan fingerprint density at radius 3 is 2.48 bits per heavy atom. The first-order valence-electron chi connectivity index (χ1n) is 9.88. The predicted octanol–water partition coefficient (Wildman–Crippen LogP) is 4.48. The molecule has 1 unspecified atom stereocenters. The van der Waals surface area contributed by atoms with E-state index in [1.165, 1.54) is 30.8 Å². The van der Waals surface area contributed by atoms with Crippen LogP contribution in [0.3, 0.4) is 0 Å². The fourth-order valence-corrected chi connectivity index (χ4v) is 8.89. The maximum atomic E-state index is 12.6. The van der Waals surface area contributed by atoms with Crippen molar-refractivity contribution in [1.29, 1.82) is 0 Å². The van der Waals surface area contributed by atoms with Crippen LogP contribution >= 0.6 is 23.5 Å². The molecular formula is C21H27NO3S2. The van der Waals surface area contributed by atoms with Crippen LogP contribution in [0.25, 0.3) is 0 Å². The summed E-state index contributed by atoms with van der Waals surface area (Å²) in [4.78, 5) is 24.8. The molecular weight excluding hydrogens is 378 g/mol. The van der Waals surface area contributed by atoms with E-state index in [-0.39, 0.29) is 24.4 Å². The molecule has 1 aromatic rings. The van der Waals surface area contributed by atoms with Crippen molar-refractivity contribution in [3.63, 3.8) is 0 Å². The number of hydrogen-bond donors (Lipinski definition) is 1. The fraction of sp³-hybridized carbons (Fsp3) is 0.619. The summed E-state index contributed by atoms with van der Waals surface area (Å²) in [7, 11) is 0. The molecule has 3 fully saturated rings. The third-order valence-corrected chi connectivity index (χ3v) is 10.2. The number of thioether (sulfide) groups is 2. The number of esters is 1. The van der Waals surface area contributed by atoms with Gasteiger partial charge in [-0.3, -0.25) is 9.59 Å². The van der Waals surface area contributed by atoms with Crippen LogP contribution in [0, 0.1) is 24.7 Å². The van der Waals surface area contributed by atoms with E-state index in [1.807, 2.05) is 31.2 Å². The Bertz CT molecular complexity index is 701. The minimum atomic E-state index is -0.271. The Kier molecular flexibility index (Phi) is 5.74. The number of amides is 1. The zero-order chi connectivity index (χ0) is 18.9. The summed E-state index contributed by atoms with van der Waals surface area (Å²) in [5, 5.41) is 2.83. The number of hydrogen-bond acceptors (Lipinski definition) is 5. The van der Waals surface area contributed by atoms with Crippen molar-refractivity contribution in [3.05, 3.63) is 29.8 Å². The third kappa shape index (κ3) is 3.88. The number of carbonyl (C=O) groups excluding carboxylic acids is 2. The minimum absolute atomic E-state index is 0.0426. The Morgan fingerprint density at radius 1 is 1.15 bits per heavy atom. The number of benzene rings is 1. The number of ether oxygens (including phenoxy) is 1. The molecule has 2 aliphatic carbocycles. The highest BCUT2D eigenvalue weighted by molar-refractivity contribution is 8.21. The van der Waals surface area contributed by atoms with Crippen LogP contribution < -0.4 is 5.32 Å². The summed E-state index contributed by atoms with van der Waals surface area (Å²) in [5.41, 5.74) is 1.76. The lowest BCUT2D eigenvalue weighted by Crippen LogP contribution is -2.48. The molecule has 3 atom stereocenters. The summed E-state index contributed by atoms with van der Waals surface area (Å²) >= 11 is 4.28. The highest BCUT2D eigenvalue weighted by Gasteiger charge is 2.55. The molecule has 0 aromatic heterocycles. The topological polar surface area (TPSA) is 55.4 Å². The number of nitrogens with one attached hydrogen (secondary N) is 1. The zero-order valence-corrected chi connectivity index (χ0v) is 17.4. The van der Waals surface area contributed by atoms with E-state index < -0.39 is 0 Å². The van der Waals surface area contributed by atoms with Gasteiger partial charge in [-0.05, 0) is 56.1 Å². The van der Waals surface area contributed by atoms with E-state index in [2.05, 4.69) is 28.8 Å². The quantitative estimate of drug-likeness (QED) is 0.749. The largest absolute Gasteiger partial charge is 0.455 e. The average Bonchev–Trinajstić information content (AvgIpc) is 3.11. The van der Waals surface area contributed by atoms with E-state index >= 15 is 0 Å². The number of anilines is 1. The second kappa shape index (κ2) is 8.08. The molecule has 4 nitrogen and oxygen atoms in total. The van der Waals surface area contributed by atoms with Crippen molar-refractivity contribution in [1.82, 2.24) is 0 Å². The average molecular weight is 406 g/mol. The second-order valence-electron chi connectivity index (χ2n) is 7.88. The van der Waals surface area contributed by atoms with E-state index in [4.69, 9.17) is 4.74 Å². The molecule has 1 saturated heterocycles. The number of carbonyl (C=O) groups is 2. The SMILES string of the molecule is Cc1ccccc1NC(=O)COC(=O)C1C[C@H]2CCC[C@@H](C1)C21SCCS1. The molecule has 0 radical (unpaired) electrons. The van der Waals surface area contributed by atoms with Crippen molar-refractivity contribution in [2.24, 2.45) is 17.8 Å². The summed E-state index contributed by atoms with van der Waals surface area (Å²) in [6, 6.07) is 7.61. The highest BCUT2D eigenvalue weighted by Crippen LogP contribution is 2.64. The molecule has 3 aliphatic rings. The first-order valence-corrected chi connectivity index (χ1v) is 11.9. The van der Waals surface area contributed by atoms with Crippen molar-refractivity contribution in [2.75, 3.05) is 23.4 Å². The van der Waals surface area contributed by atoms with Crippen LogP contribution in [0.15, 0.2) is 24.3 Å². The van der Waals surface area contributed by atoms with Crippen LogP contribution in [-0.2, 0) is 14.3 Å². The zero-order valence-electron chi connectivity index (χ0n) is 15.7. The molecule has 2 saturated carbocycles. The van der Waals surface area contributed by atoms with Crippen molar-refractivity contribution >= 4 is 41.1 Å². The van der Waals surface area contributed by atoms with Gasteiger partial charge in [0.1, 0.15) is 0 Å². The van der Waals surface area contributed by atoms with Gasteiger partial charge < -0.3 is 10.1 Å².